The van der Waals surface area contributed by atoms with Crippen molar-refractivity contribution in [1.82, 2.24) is 47.4 Å². The number of carbonyl (C=O) groups is 13. The van der Waals surface area contributed by atoms with Crippen LogP contribution in [0.4, 0.5) is 0 Å². The molecule has 11 atom stereocenters. The second-order valence-corrected chi connectivity index (χ2v) is 18.6. The predicted octanol–water partition coefficient (Wildman–Crippen LogP) is -5.35. The maximum Gasteiger partial charge on any atom is 0.326 e. The number of aliphatic hydroxyl groups excluding tert-OH is 2. The van der Waals surface area contributed by atoms with Gasteiger partial charge >= 0.3 is 23.9 Å². The van der Waals surface area contributed by atoms with Gasteiger partial charge in [0.25, 0.3) is 0 Å². The van der Waals surface area contributed by atoms with E-state index in [4.69, 9.17) is 16.6 Å². The molecular weight excluding hydrogens is 1030 g/mol. The van der Waals surface area contributed by atoms with Crippen molar-refractivity contribution < 1.29 is 93.0 Å². The second kappa shape index (κ2) is 33.4. The fourth-order valence-electron chi connectivity index (χ4n) is 7.83. The van der Waals surface area contributed by atoms with Crippen LogP contribution in [0.5, 0.6) is 0 Å². The van der Waals surface area contributed by atoms with E-state index in [0.29, 0.717) is 6.42 Å². The predicted molar refractivity (Wildman–Crippen MR) is 270 cm³/mol. The summed E-state index contributed by atoms with van der Waals surface area (Å²) >= 11 is 0. The number of carboxylic acid groups (broad SMARTS) is 4. The molecule has 1 aliphatic rings. The molecule has 0 radical (unpaired) electrons. The van der Waals surface area contributed by atoms with Crippen molar-refractivity contribution in [3.05, 3.63) is 35.9 Å². The molecule has 434 valence electrons. The number of likely N-dealkylation sites (tertiary alicyclic amines) is 1. The Bertz CT molecular complexity index is 2290. The molecule has 30 nitrogen and oxygen atoms in total. The zero-order valence-corrected chi connectivity index (χ0v) is 43.4. The van der Waals surface area contributed by atoms with Gasteiger partial charge in [-0.1, -0.05) is 30.3 Å². The van der Waals surface area contributed by atoms with Gasteiger partial charge in [0, 0.05) is 25.8 Å². The number of carboxylic acids is 4. The van der Waals surface area contributed by atoms with E-state index in [1.807, 2.05) is 0 Å². The van der Waals surface area contributed by atoms with Gasteiger partial charge in [0.15, 0.2) is 0 Å². The summed E-state index contributed by atoms with van der Waals surface area (Å²) in [7, 11) is 0. The zero-order chi connectivity index (χ0) is 58.8. The number of benzene rings is 1. The van der Waals surface area contributed by atoms with Crippen molar-refractivity contribution in [2.75, 3.05) is 19.7 Å². The number of nitrogens with one attached hydrogen (secondary N) is 8. The zero-order valence-electron chi connectivity index (χ0n) is 43.4. The number of hydrogen-bond donors (Lipinski definition) is 16. The van der Waals surface area contributed by atoms with Crippen LogP contribution in [0.15, 0.2) is 30.3 Å². The summed E-state index contributed by atoms with van der Waals surface area (Å²) in [6, 6.07) is -6.60. The van der Waals surface area contributed by atoms with Crippen molar-refractivity contribution in [3.8, 4) is 0 Å². The van der Waals surface area contributed by atoms with Crippen molar-refractivity contribution in [1.29, 1.82) is 0 Å². The summed E-state index contributed by atoms with van der Waals surface area (Å²) in [5.41, 5.74) is 12.4. The van der Waals surface area contributed by atoms with Crippen LogP contribution in [-0.2, 0) is 68.7 Å². The number of carbonyl (C=O) groups excluding carboxylic acids is 9. The van der Waals surface area contributed by atoms with Gasteiger partial charge < -0.3 is 89.5 Å². The Balaban J connectivity index is 2.26. The van der Waals surface area contributed by atoms with Gasteiger partial charge in [0.05, 0.1) is 18.8 Å². The van der Waals surface area contributed by atoms with Gasteiger partial charge in [-0.05, 0) is 90.7 Å². The molecule has 0 aliphatic carbocycles. The summed E-state index contributed by atoms with van der Waals surface area (Å²) in [6.45, 7) is 2.51. The van der Waals surface area contributed by atoms with Gasteiger partial charge in [-0.15, -0.1) is 0 Å². The van der Waals surface area contributed by atoms with Crippen molar-refractivity contribution >= 4 is 77.0 Å². The monoisotopic (exact) mass is 1110 g/mol. The minimum atomic E-state index is -1.94. The third kappa shape index (κ3) is 22.8. The van der Waals surface area contributed by atoms with Crippen LogP contribution in [0.2, 0.25) is 0 Å². The van der Waals surface area contributed by atoms with Crippen molar-refractivity contribution in [3.63, 3.8) is 0 Å². The van der Waals surface area contributed by atoms with Crippen LogP contribution in [0.1, 0.15) is 97.0 Å². The third-order valence-corrected chi connectivity index (χ3v) is 12.2. The quantitative estimate of drug-likeness (QED) is 0.0282. The molecule has 1 fully saturated rings. The topological polar surface area (TPSA) is 495 Å². The van der Waals surface area contributed by atoms with Crippen LogP contribution in [0.3, 0.4) is 0 Å². The van der Waals surface area contributed by atoms with Crippen LogP contribution < -0.4 is 54.0 Å². The molecule has 1 aromatic rings. The number of unbranched alkanes of at least 4 members (excludes halogenated alkanes) is 1. The Labute approximate surface area is 447 Å². The first-order chi connectivity index (χ1) is 36.7. The molecule has 9 amide bonds. The number of hydrogen-bond acceptors (Lipinski definition) is 17. The van der Waals surface area contributed by atoms with E-state index in [-0.39, 0.29) is 45.2 Å². The molecule has 1 aromatic carbocycles. The van der Waals surface area contributed by atoms with Gasteiger partial charge in [0.1, 0.15) is 54.4 Å². The van der Waals surface area contributed by atoms with E-state index < -0.39 is 189 Å². The lowest BCUT2D eigenvalue weighted by molar-refractivity contribution is -0.144. The number of rotatable bonds is 35. The summed E-state index contributed by atoms with van der Waals surface area (Å²) < 4.78 is 0. The number of aliphatic hydroxyl groups is 2. The van der Waals surface area contributed by atoms with Crippen molar-refractivity contribution in [2.24, 2.45) is 11.5 Å². The summed E-state index contributed by atoms with van der Waals surface area (Å²) in [5, 5.41) is 76.6. The standard InChI is InChI=1S/C48H73N11O19/c1-24(51-41(70)28(50)22-27-10-5-4-6-11-27)39(68)53-30(14-17-35(62)63)42(71)54-29(12-7-8-20-49)44(73)58-38(26(3)61)46(75)55-31(15-18-36(64)65)43(72)57-33(23-60)47(76)59-21-9-13-34(59)45(74)52-25(2)40(69)56-32(48(77)78)16-19-37(66)67/h4-6,10-11,24-26,28-34,38,60-61H,7-9,12-23,49-50H2,1-3H3,(H,51,70)(H,52,74)(H,53,68)(H,54,71)(H,55,75)(H,56,69)(H,57,72)(H,58,73)(H,62,63)(H,64,65)(H,66,67)(H,77,78)/t24-,25-,26+,28-,29-,30-,31-,32-,33-,34-,38-/m0/s1. The number of aliphatic carboxylic acids is 4. The molecule has 30 heteroatoms. The molecule has 0 bridgehead atoms. The van der Waals surface area contributed by atoms with E-state index in [1.165, 1.54) is 13.8 Å². The highest BCUT2D eigenvalue weighted by molar-refractivity contribution is 5.99. The Morgan fingerprint density at radius 2 is 1.04 bits per heavy atom. The molecule has 1 aliphatic heterocycles. The molecule has 1 saturated heterocycles. The highest BCUT2D eigenvalue weighted by Crippen LogP contribution is 2.19. The molecule has 18 N–H and O–H groups in total. The average Bonchev–Trinajstić information content (AvgIpc) is 3.88. The van der Waals surface area contributed by atoms with E-state index in [1.54, 1.807) is 30.3 Å². The molecule has 1 heterocycles. The Kier molecular flexibility index (Phi) is 28.3. The lowest BCUT2D eigenvalue weighted by Gasteiger charge is -2.30. The smallest absolute Gasteiger partial charge is 0.326 e. The summed E-state index contributed by atoms with van der Waals surface area (Å²) in [6.07, 6.45) is -4.63. The molecular formula is C48H73N11O19. The lowest BCUT2D eigenvalue weighted by Crippen LogP contribution is -2.62. The van der Waals surface area contributed by atoms with Gasteiger partial charge in [-0.2, -0.15) is 0 Å². The van der Waals surface area contributed by atoms with E-state index in [9.17, 15) is 87.9 Å². The second-order valence-electron chi connectivity index (χ2n) is 18.6. The summed E-state index contributed by atoms with van der Waals surface area (Å²) in [5.74, 6) is -14.8. The number of amides is 9. The largest absolute Gasteiger partial charge is 0.481 e. The summed E-state index contributed by atoms with van der Waals surface area (Å²) in [4.78, 5) is 168. The van der Waals surface area contributed by atoms with Gasteiger partial charge in [-0.25, -0.2) is 4.79 Å². The minimum Gasteiger partial charge on any atom is -0.481 e. The first kappa shape index (κ1) is 66.3. The minimum absolute atomic E-state index is 0.0316. The van der Waals surface area contributed by atoms with Crippen LogP contribution in [0.25, 0.3) is 0 Å². The van der Waals surface area contributed by atoms with Crippen LogP contribution >= 0.6 is 0 Å². The molecule has 2 rings (SSSR count). The van der Waals surface area contributed by atoms with E-state index >= 15 is 0 Å². The Morgan fingerprint density at radius 1 is 0.577 bits per heavy atom. The van der Waals surface area contributed by atoms with Gasteiger partial charge in [0.2, 0.25) is 53.2 Å². The lowest BCUT2D eigenvalue weighted by atomic mass is 10.0. The molecule has 0 unspecified atom stereocenters. The fraction of sp³-hybridized carbons (Fsp3) is 0.604. The highest BCUT2D eigenvalue weighted by atomic mass is 16.4. The Hall–Kier alpha value is -7.83. The molecule has 0 saturated carbocycles. The number of nitrogens with zero attached hydrogens (tertiary/aromatic N) is 1. The van der Waals surface area contributed by atoms with Gasteiger partial charge in [-0.3, -0.25) is 57.5 Å². The van der Waals surface area contributed by atoms with Crippen molar-refractivity contribution in [2.45, 2.75) is 164 Å². The maximum atomic E-state index is 13.9. The van der Waals surface area contributed by atoms with E-state index in [2.05, 4.69) is 42.5 Å². The highest BCUT2D eigenvalue weighted by Gasteiger charge is 2.40. The first-order valence-corrected chi connectivity index (χ1v) is 25.1. The maximum absolute atomic E-state index is 13.9. The third-order valence-electron chi connectivity index (χ3n) is 12.2. The normalized spacial score (nSPS) is 16.8. The molecule has 78 heavy (non-hydrogen) atoms. The first-order valence-electron chi connectivity index (χ1n) is 25.1. The molecule has 0 aromatic heterocycles. The average molecular weight is 1110 g/mol. The van der Waals surface area contributed by atoms with Crippen LogP contribution in [-0.4, -0.2) is 199 Å². The number of nitrogens with two attached hydrogens (primary N) is 2. The molecule has 0 spiro atoms. The van der Waals surface area contributed by atoms with E-state index in [0.717, 1.165) is 17.4 Å². The Morgan fingerprint density at radius 3 is 1.54 bits per heavy atom. The SMILES string of the molecule is C[C@H](NC(=O)[C@@H](N)Cc1ccccc1)C(=O)N[C@@H](CCC(=O)O)C(=O)N[C@@H](CCCCN)C(=O)N[C@H](C(=O)N[C@@H](CCC(=O)O)C(=O)N[C@@H](CO)C(=O)N1CCC[C@H]1C(=O)N[C@@H](C)C(=O)N[C@@H](CCC(=O)O)C(=O)O)[C@@H](C)O. The fourth-order valence-corrected chi connectivity index (χ4v) is 7.83. The van der Waals surface area contributed by atoms with Crippen LogP contribution in [0, 0.1) is 0 Å².